The van der Waals surface area contributed by atoms with Crippen LogP contribution >= 0.6 is 50.7 Å². The summed E-state index contributed by atoms with van der Waals surface area (Å²) in [6.07, 6.45) is -2.11. The van der Waals surface area contributed by atoms with Crippen molar-refractivity contribution in [3.05, 3.63) is 105 Å². The molecular formula is C27H24BrCl3O5. The molecule has 0 amide bonds. The fourth-order valence-electron chi connectivity index (χ4n) is 3.70. The highest BCUT2D eigenvalue weighted by atomic mass is 79.9. The molecule has 1 fully saturated rings. The predicted molar refractivity (Wildman–Crippen MR) is 144 cm³/mol. The number of Topliss-reactive ketones (excluding diaryl/α,β-unsaturated/α-hetero) is 1. The lowest BCUT2D eigenvalue weighted by Crippen LogP contribution is -2.56. The minimum atomic E-state index is -0.866. The highest BCUT2D eigenvalue weighted by Crippen LogP contribution is 2.28. The number of rotatable bonds is 10. The van der Waals surface area contributed by atoms with E-state index >= 15 is 0 Å². The first kappa shape index (κ1) is 27.6. The lowest BCUT2D eigenvalue weighted by molar-refractivity contribution is -0.202. The number of halogens is 4. The van der Waals surface area contributed by atoms with E-state index in [1.807, 2.05) is 48.5 Å². The van der Waals surface area contributed by atoms with Gasteiger partial charge in [0.05, 0.1) is 26.4 Å². The molecule has 1 heterocycles. The summed E-state index contributed by atoms with van der Waals surface area (Å²) in [6.45, 7) is 1.02. The van der Waals surface area contributed by atoms with E-state index in [9.17, 15) is 4.79 Å². The smallest absolute Gasteiger partial charge is 0.203 e. The number of carbonyl (C=O) groups is 1. The van der Waals surface area contributed by atoms with Crippen LogP contribution in [0.4, 0.5) is 0 Å². The van der Waals surface area contributed by atoms with Gasteiger partial charge in [-0.05, 0) is 69.0 Å². The molecule has 4 atom stereocenters. The van der Waals surface area contributed by atoms with Gasteiger partial charge in [-0.25, -0.2) is 0 Å². The van der Waals surface area contributed by atoms with E-state index in [2.05, 4.69) is 15.9 Å². The summed E-state index contributed by atoms with van der Waals surface area (Å²) in [6, 6.07) is 22.0. The Bertz CT molecular complexity index is 1130. The third-order valence-corrected chi connectivity index (χ3v) is 7.05. The average Bonchev–Trinajstić information content (AvgIpc) is 2.87. The van der Waals surface area contributed by atoms with Crippen molar-refractivity contribution in [2.75, 3.05) is 6.61 Å². The Kier molecular flexibility index (Phi) is 10.2. The van der Waals surface area contributed by atoms with Crippen LogP contribution in [-0.4, -0.2) is 35.7 Å². The largest absolute Gasteiger partial charge is 0.374 e. The number of ether oxygens (including phenoxy) is 4. The van der Waals surface area contributed by atoms with Crippen molar-refractivity contribution >= 4 is 56.5 Å². The highest BCUT2D eigenvalue weighted by molar-refractivity contribution is 9.09. The Balaban J connectivity index is 1.47. The summed E-state index contributed by atoms with van der Waals surface area (Å²) < 4.78 is 24.2. The monoisotopic (exact) mass is 612 g/mol. The van der Waals surface area contributed by atoms with Gasteiger partial charge in [0.25, 0.3) is 0 Å². The highest BCUT2D eigenvalue weighted by Gasteiger charge is 2.46. The lowest BCUT2D eigenvalue weighted by Gasteiger charge is -2.38. The molecule has 0 unspecified atom stereocenters. The zero-order valence-corrected chi connectivity index (χ0v) is 23.0. The number of hydrogen-bond donors (Lipinski definition) is 0. The van der Waals surface area contributed by atoms with Gasteiger partial charge in [-0.2, -0.15) is 0 Å². The van der Waals surface area contributed by atoms with Crippen LogP contribution in [0.25, 0.3) is 0 Å². The Labute approximate surface area is 233 Å². The van der Waals surface area contributed by atoms with Gasteiger partial charge in [-0.1, -0.05) is 71.2 Å². The Morgan fingerprint density at radius 2 is 1.14 bits per heavy atom. The lowest BCUT2D eigenvalue weighted by atomic mass is 10.0. The quantitative estimate of drug-likeness (QED) is 0.230. The first-order valence-corrected chi connectivity index (χ1v) is 13.3. The number of ketones is 1. The molecule has 0 saturated carbocycles. The summed E-state index contributed by atoms with van der Waals surface area (Å²) in [4.78, 5) is 13.1. The number of hydrogen-bond acceptors (Lipinski definition) is 5. The summed E-state index contributed by atoms with van der Waals surface area (Å²) in [5.74, 6) is -0.251. The molecule has 1 saturated heterocycles. The van der Waals surface area contributed by atoms with Crippen LogP contribution in [0.3, 0.4) is 0 Å². The first-order chi connectivity index (χ1) is 17.4. The molecule has 3 aromatic carbocycles. The van der Waals surface area contributed by atoms with Crippen molar-refractivity contribution in [3.8, 4) is 0 Å². The van der Waals surface area contributed by atoms with Crippen molar-refractivity contribution < 1.29 is 23.7 Å². The first-order valence-electron chi connectivity index (χ1n) is 11.3. The van der Waals surface area contributed by atoms with Crippen molar-refractivity contribution in [1.82, 2.24) is 0 Å². The zero-order chi connectivity index (χ0) is 25.5. The molecule has 190 valence electrons. The normalized spacial score (nSPS) is 22.1. The van der Waals surface area contributed by atoms with Crippen molar-refractivity contribution in [3.63, 3.8) is 0 Å². The molecule has 0 N–H and O–H groups in total. The van der Waals surface area contributed by atoms with Gasteiger partial charge in [0.2, 0.25) is 5.78 Å². The summed E-state index contributed by atoms with van der Waals surface area (Å²) >= 11 is 21.3. The molecule has 0 aliphatic carbocycles. The summed E-state index contributed by atoms with van der Waals surface area (Å²) in [5.41, 5.74) is 2.76. The second-order valence-electron chi connectivity index (χ2n) is 8.29. The standard InChI is InChI=1S/C27H24BrCl3O5/c28-27-24(32)26(35-15-19-5-11-22(31)12-6-19)25(34-14-18-3-9-21(30)10-4-18)23(36-27)16-33-13-17-1-7-20(29)8-2-17/h1-12,23,25-27H,13-16H2/t23-,25-,26-,27+/m1/s1. The van der Waals surface area contributed by atoms with E-state index < -0.39 is 23.3 Å². The summed E-state index contributed by atoms with van der Waals surface area (Å²) in [5, 5.41) is 1.08. The van der Waals surface area contributed by atoms with Crippen LogP contribution in [-0.2, 0) is 43.6 Å². The average molecular weight is 615 g/mol. The Morgan fingerprint density at radius 1 is 0.694 bits per heavy atom. The topological polar surface area (TPSA) is 54.0 Å². The van der Waals surface area contributed by atoms with Gasteiger partial charge in [-0.3, -0.25) is 4.79 Å². The maximum absolute atomic E-state index is 13.1. The Hall–Kier alpha value is -1.48. The zero-order valence-electron chi connectivity index (χ0n) is 19.1. The van der Waals surface area contributed by atoms with E-state index in [0.29, 0.717) is 21.7 Å². The SMILES string of the molecule is O=C1[C@@H](OCc2ccc(Cl)cc2)[C@H](OCc2ccc(Cl)cc2)[C@@H](COCc2ccc(Cl)cc2)O[C@@H]1Br. The third kappa shape index (κ3) is 7.76. The molecule has 1 aliphatic heterocycles. The molecule has 5 nitrogen and oxygen atoms in total. The van der Waals surface area contributed by atoms with Crippen molar-refractivity contribution in [2.45, 2.75) is 43.1 Å². The van der Waals surface area contributed by atoms with Gasteiger partial charge in [0.1, 0.15) is 18.3 Å². The minimum Gasteiger partial charge on any atom is -0.374 e. The van der Waals surface area contributed by atoms with Crippen LogP contribution in [0.15, 0.2) is 72.8 Å². The van der Waals surface area contributed by atoms with E-state index in [0.717, 1.165) is 16.7 Å². The molecule has 0 spiro atoms. The molecule has 0 bridgehead atoms. The molecule has 3 aromatic rings. The van der Waals surface area contributed by atoms with E-state index in [4.69, 9.17) is 53.8 Å². The van der Waals surface area contributed by atoms with Gasteiger partial charge in [0.15, 0.2) is 5.01 Å². The number of alkyl halides is 1. The van der Waals surface area contributed by atoms with E-state index in [1.54, 1.807) is 24.3 Å². The van der Waals surface area contributed by atoms with Crippen LogP contribution in [0.1, 0.15) is 16.7 Å². The van der Waals surface area contributed by atoms with Gasteiger partial charge < -0.3 is 18.9 Å². The third-order valence-electron chi connectivity index (χ3n) is 5.63. The molecule has 1 aliphatic rings. The van der Waals surface area contributed by atoms with E-state index in [-0.39, 0.29) is 25.6 Å². The molecule has 36 heavy (non-hydrogen) atoms. The fourth-order valence-corrected chi connectivity index (χ4v) is 4.62. The molecule has 0 aromatic heterocycles. The van der Waals surface area contributed by atoms with Gasteiger partial charge in [-0.15, -0.1) is 0 Å². The van der Waals surface area contributed by atoms with Crippen LogP contribution in [0.2, 0.25) is 15.1 Å². The molecule has 4 rings (SSSR count). The van der Waals surface area contributed by atoms with E-state index in [1.165, 1.54) is 0 Å². The second kappa shape index (κ2) is 13.4. The fraction of sp³-hybridized carbons (Fsp3) is 0.296. The van der Waals surface area contributed by atoms with Crippen LogP contribution in [0, 0.1) is 0 Å². The number of carbonyl (C=O) groups excluding carboxylic acids is 1. The molecular weight excluding hydrogens is 591 g/mol. The maximum atomic E-state index is 13.1. The number of benzene rings is 3. The second-order valence-corrected chi connectivity index (χ2v) is 10.4. The van der Waals surface area contributed by atoms with Crippen LogP contribution in [0.5, 0.6) is 0 Å². The van der Waals surface area contributed by atoms with Crippen molar-refractivity contribution in [1.29, 1.82) is 0 Å². The van der Waals surface area contributed by atoms with Gasteiger partial charge in [0, 0.05) is 15.1 Å². The molecule has 0 radical (unpaired) electrons. The summed E-state index contributed by atoms with van der Waals surface area (Å²) in [7, 11) is 0. The van der Waals surface area contributed by atoms with Crippen molar-refractivity contribution in [2.24, 2.45) is 0 Å². The maximum Gasteiger partial charge on any atom is 0.203 e. The minimum absolute atomic E-state index is 0.199. The predicted octanol–water partition coefficient (Wildman–Crippen LogP) is 7.02. The van der Waals surface area contributed by atoms with Gasteiger partial charge >= 0.3 is 0 Å². The Morgan fingerprint density at radius 3 is 1.64 bits per heavy atom. The van der Waals surface area contributed by atoms with Crippen LogP contribution < -0.4 is 0 Å². The molecule has 9 heteroatoms.